The van der Waals surface area contributed by atoms with Gasteiger partial charge in [-0.15, -0.1) is 0 Å². The van der Waals surface area contributed by atoms with Crippen LogP contribution in [0.5, 0.6) is 11.5 Å². The average Bonchev–Trinajstić information content (AvgIpc) is 2.36. The van der Waals surface area contributed by atoms with Gasteiger partial charge in [-0.2, -0.15) is 0 Å². The molecule has 2 N–H and O–H groups in total. The molecule has 0 bridgehead atoms. The Bertz CT molecular complexity index is 716. The van der Waals surface area contributed by atoms with Crippen molar-refractivity contribution in [3.63, 3.8) is 0 Å². The maximum Gasteiger partial charge on any atom is 0.210 e. The van der Waals surface area contributed by atoms with Gasteiger partial charge in [-0.05, 0) is 38.1 Å². The Kier molecular flexibility index (Phi) is 3.24. The first kappa shape index (κ1) is 13.4. The van der Waals surface area contributed by atoms with Gasteiger partial charge in [0, 0.05) is 5.56 Å². The summed E-state index contributed by atoms with van der Waals surface area (Å²) in [7, 11) is -3.79. The van der Waals surface area contributed by atoms with Crippen molar-refractivity contribution in [2.24, 2.45) is 0 Å². The van der Waals surface area contributed by atoms with E-state index < -0.39 is 15.6 Å². The molecule has 0 radical (unpaired) electrons. The van der Waals surface area contributed by atoms with E-state index in [-0.39, 0.29) is 21.1 Å². The van der Waals surface area contributed by atoms with Gasteiger partial charge in [-0.1, -0.05) is 17.7 Å². The predicted octanol–water partition coefficient (Wildman–Crippen LogP) is 2.55. The molecule has 0 heterocycles. The summed E-state index contributed by atoms with van der Waals surface area (Å²) in [6.07, 6.45) is 0. The minimum atomic E-state index is -3.79. The van der Waals surface area contributed by atoms with Gasteiger partial charge in [-0.25, -0.2) is 8.42 Å². The zero-order valence-electron chi connectivity index (χ0n) is 10.6. The van der Waals surface area contributed by atoms with Gasteiger partial charge in [0.1, 0.15) is 16.4 Å². The number of hydrogen-bond acceptors (Lipinski definition) is 4. The average molecular weight is 278 g/mol. The van der Waals surface area contributed by atoms with Crippen molar-refractivity contribution in [2.75, 3.05) is 0 Å². The molecule has 0 fully saturated rings. The number of aryl methyl sites for hydroxylation is 1. The largest absolute Gasteiger partial charge is 0.508 e. The van der Waals surface area contributed by atoms with Crippen LogP contribution in [-0.2, 0) is 9.84 Å². The fourth-order valence-corrected chi connectivity index (χ4v) is 3.13. The highest BCUT2D eigenvalue weighted by molar-refractivity contribution is 7.91. The van der Waals surface area contributed by atoms with E-state index in [4.69, 9.17) is 0 Å². The summed E-state index contributed by atoms with van der Waals surface area (Å²) >= 11 is 0. The van der Waals surface area contributed by atoms with Crippen LogP contribution in [0.3, 0.4) is 0 Å². The molecule has 4 nitrogen and oxygen atoms in total. The molecule has 100 valence electrons. The van der Waals surface area contributed by atoms with Crippen molar-refractivity contribution in [2.45, 2.75) is 23.6 Å². The third-order valence-electron chi connectivity index (χ3n) is 2.99. The fourth-order valence-electron chi connectivity index (χ4n) is 1.73. The Morgan fingerprint density at radius 2 is 1.47 bits per heavy atom. The number of benzene rings is 2. The molecule has 2 aromatic carbocycles. The maximum atomic E-state index is 12.4. The molecule has 19 heavy (non-hydrogen) atoms. The van der Waals surface area contributed by atoms with Gasteiger partial charge < -0.3 is 10.2 Å². The maximum absolute atomic E-state index is 12.4. The SMILES string of the molecule is Cc1ccc(S(=O)(=O)c2ccc(O)c(C)c2O)cc1. The van der Waals surface area contributed by atoms with Gasteiger partial charge in [-0.3, -0.25) is 0 Å². The number of phenolic OH excluding ortho intramolecular Hbond substituents is 2. The third-order valence-corrected chi connectivity index (χ3v) is 4.79. The Balaban J connectivity index is 2.64. The van der Waals surface area contributed by atoms with E-state index in [1.807, 2.05) is 6.92 Å². The Morgan fingerprint density at radius 3 is 2.05 bits per heavy atom. The minimum Gasteiger partial charge on any atom is -0.508 e. The summed E-state index contributed by atoms with van der Waals surface area (Å²) in [5, 5.41) is 19.3. The molecule has 0 spiro atoms. The summed E-state index contributed by atoms with van der Waals surface area (Å²) in [6, 6.07) is 8.83. The van der Waals surface area contributed by atoms with Crippen LogP contribution in [0.25, 0.3) is 0 Å². The minimum absolute atomic E-state index is 0.110. The van der Waals surface area contributed by atoms with E-state index in [0.717, 1.165) is 5.56 Å². The number of sulfone groups is 1. The molecule has 0 aliphatic heterocycles. The van der Waals surface area contributed by atoms with Crippen molar-refractivity contribution in [3.8, 4) is 11.5 Å². The van der Waals surface area contributed by atoms with E-state index >= 15 is 0 Å². The van der Waals surface area contributed by atoms with Crippen LogP contribution in [-0.4, -0.2) is 18.6 Å². The van der Waals surface area contributed by atoms with Gasteiger partial charge in [0.25, 0.3) is 0 Å². The lowest BCUT2D eigenvalue weighted by Gasteiger charge is -2.10. The quantitative estimate of drug-likeness (QED) is 0.885. The zero-order chi connectivity index (χ0) is 14.2. The van der Waals surface area contributed by atoms with E-state index in [2.05, 4.69) is 0 Å². The van der Waals surface area contributed by atoms with Crippen molar-refractivity contribution < 1.29 is 18.6 Å². The standard InChI is InChI=1S/C14H14O4S/c1-9-3-5-11(6-4-9)19(17,18)13-8-7-12(15)10(2)14(13)16/h3-8,15-16H,1-2H3. The van der Waals surface area contributed by atoms with Crippen LogP contribution in [0.1, 0.15) is 11.1 Å². The van der Waals surface area contributed by atoms with E-state index in [1.165, 1.54) is 31.2 Å². The first-order chi connectivity index (χ1) is 8.84. The topological polar surface area (TPSA) is 74.6 Å². The zero-order valence-corrected chi connectivity index (χ0v) is 11.4. The van der Waals surface area contributed by atoms with E-state index in [0.29, 0.717) is 0 Å². The second kappa shape index (κ2) is 4.59. The van der Waals surface area contributed by atoms with Crippen LogP contribution in [0.15, 0.2) is 46.2 Å². The smallest absolute Gasteiger partial charge is 0.210 e. The van der Waals surface area contributed by atoms with Crippen LogP contribution in [0.4, 0.5) is 0 Å². The second-order valence-electron chi connectivity index (χ2n) is 4.37. The molecule has 5 heteroatoms. The Labute approximate surface area is 111 Å². The van der Waals surface area contributed by atoms with E-state index in [1.54, 1.807) is 12.1 Å². The molecular formula is C14H14O4S. The fraction of sp³-hybridized carbons (Fsp3) is 0.143. The molecule has 0 saturated carbocycles. The Morgan fingerprint density at radius 1 is 0.895 bits per heavy atom. The molecule has 2 aromatic rings. The third kappa shape index (κ3) is 2.29. The Hall–Kier alpha value is -2.01. The van der Waals surface area contributed by atoms with Crippen molar-refractivity contribution in [1.82, 2.24) is 0 Å². The second-order valence-corrected chi connectivity index (χ2v) is 6.29. The van der Waals surface area contributed by atoms with Crippen molar-refractivity contribution in [1.29, 1.82) is 0 Å². The summed E-state index contributed by atoms with van der Waals surface area (Å²) in [4.78, 5) is -0.0925. The molecule has 0 aromatic heterocycles. The highest BCUT2D eigenvalue weighted by Crippen LogP contribution is 2.35. The first-order valence-corrected chi connectivity index (χ1v) is 7.15. The van der Waals surface area contributed by atoms with Crippen LogP contribution < -0.4 is 0 Å². The molecule has 0 atom stereocenters. The highest BCUT2D eigenvalue weighted by Gasteiger charge is 2.23. The molecule has 0 aliphatic carbocycles. The van der Waals surface area contributed by atoms with Gasteiger partial charge >= 0.3 is 0 Å². The van der Waals surface area contributed by atoms with Crippen molar-refractivity contribution >= 4 is 9.84 Å². The van der Waals surface area contributed by atoms with Gasteiger partial charge in [0.2, 0.25) is 9.84 Å². The first-order valence-electron chi connectivity index (χ1n) is 5.67. The number of rotatable bonds is 2. The predicted molar refractivity (Wildman–Crippen MR) is 71.1 cm³/mol. The summed E-state index contributed by atoms with van der Waals surface area (Å²) in [6.45, 7) is 3.32. The lowest BCUT2D eigenvalue weighted by Crippen LogP contribution is -2.03. The van der Waals surface area contributed by atoms with E-state index in [9.17, 15) is 18.6 Å². The lowest BCUT2D eigenvalue weighted by atomic mass is 10.2. The summed E-state index contributed by atoms with van der Waals surface area (Å²) < 4.78 is 24.8. The molecule has 0 saturated heterocycles. The summed E-state index contributed by atoms with van der Waals surface area (Å²) in [5.74, 6) is -0.555. The summed E-state index contributed by atoms with van der Waals surface area (Å²) in [5.41, 5.74) is 1.10. The van der Waals surface area contributed by atoms with Crippen LogP contribution >= 0.6 is 0 Å². The van der Waals surface area contributed by atoms with Gasteiger partial charge in [0.15, 0.2) is 0 Å². The van der Waals surface area contributed by atoms with Crippen LogP contribution in [0, 0.1) is 13.8 Å². The molecule has 0 unspecified atom stereocenters. The molecule has 0 aliphatic rings. The molecular weight excluding hydrogens is 264 g/mol. The molecule has 0 amide bonds. The normalized spacial score (nSPS) is 11.5. The van der Waals surface area contributed by atoms with Crippen molar-refractivity contribution in [3.05, 3.63) is 47.5 Å². The van der Waals surface area contributed by atoms with Gasteiger partial charge in [0.05, 0.1) is 4.90 Å². The highest BCUT2D eigenvalue weighted by atomic mass is 32.2. The number of phenols is 2. The number of hydrogen-bond donors (Lipinski definition) is 2. The lowest BCUT2D eigenvalue weighted by molar-refractivity contribution is 0.432. The number of aromatic hydroxyl groups is 2. The van der Waals surface area contributed by atoms with Crippen LogP contribution in [0.2, 0.25) is 0 Å². The molecule has 2 rings (SSSR count). The monoisotopic (exact) mass is 278 g/mol.